The summed E-state index contributed by atoms with van der Waals surface area (Å²) in [5.74, 6) is 0. The van der Waals surface area contributed by atoms with Gasteiger partial charge < -0.3 is 4.90 Å². The molecule has 6 heteroatoms. The zero-order valence-corrected chi connectivity index (χ0v) is 12.0. The summed E-state index contributed by atoms with van der Waals surface area (Å²) < 4.78 is 0. The Morgan fingerprint density at radius 3 is 2.52 bits per heavy atom. The van der Waals surface area contributed by atoms with Crippen molar-refractivity contribution in [3.63, 3.8) is 0 Å². The van der Waals surface area contributed by atoms with Crippen molar-refractivity contribution in [1.29, 1.82) is 5.26 Å². The van der Waals surface area contributed by atoms with Crippen LogP contribution in [0.1, 0.15) is 11.1 Å². The topological polar surface area (TPSA) is 70.2 Å². The third-order valence-corrected chi connectivity index (χ3v) is 3.32. The van der Waals surface area contributed by atoms with Gasteiger partial charge >= 0.3 is 0 Å². The molecule has 0 saturated heterocycles. The van der Waals surface area contributed by atoms with Crippen LogP contribution >= 0.6 is 11.6 Å². The highest BCUT2D eigenvalue weighted by Gasteiger charge is 2.15. The van der Waals surface area contributed by atoms with Gasteiger partial charge in [0.05, 0.1) is 22.1 Å². The number of hydrogen-bond donors (Lipinski definition) is 0. The molecule has 0 aliphatic carbocycles. The molecule has 0 radical (unpaired) electrons. The van der Waals surface area contributed by atoms with E-state index in [-0.39, 0.29) is 5.69 Å². The fourth-order valence-corrected chi connectivity index (χ4v) is 2.19. The molecule has 0 aliphatic rings. The van der Waals surface area contributed by atoms with E-state index in [1.165, 1.54) is 12.1 Å². The van der Waals surface area contributed by atoms with E-state index >= 15 is 0 Å². The van der Waals surface area contributed by atoms with E-state index in [9.17, 15) is 10.1 Å². The monoisotopic (exact) mass is 301 g/mol. The molecule has 0 unspecified atom stereocenters. The molecular formula is C15H12ClN3O2. The highest BCUT2D eigenvalue weighted by atomic mass is 35.5. The molecule has 2 aromatic carbocycles. The van der Waals surface area contributed by atoms with E-state index in [1.54, 1.807) is 30.3 Å². The first-order valence-corrected chi connectivity index (χ1v) is 6.53. The molecule has 0 saturated carbocycles. The summed E-state index contributed by atoms with van der Waals surface area (Å²) in [6.45, 7) is 0.350. The number of nitro benzene ring substituents is 1. The third-order valence-electron chi connectivity index (χ3n) is 3.08. The maximum Gasteiger partial charge on any atom is 0.274 e. The molecule has 2 rings (SSSR count). The fourth-order valence-electron chi connectivity index (χ4n) is 2.00. The van der Waals surface area contributed by atoms with E-state index in [0.717, 1.165) is 5.69 Å². The van der Waals surface area contributed by atoms with Gasteiger partial charge in [0.15, 0.2) is 0 Å². The molecule has 2 aromatic rings. The number of nitrogens with zero attached hydrogens (tertiary/aromatic N) is 3. The summed E-state index contributed by atoms with van der Waals surface area (Å²) in [6.07, 6.45) is 0. The molecule has 0 atom stereocenters. The Kier molecular flexibility index (Phi) is 4.41. The first-order valence-electron chi connectivity index (χ1n) is 6.15. The lowest BCUT2D eigenvalue weighted by molar-refractivity contribution is -0.385. The van der Waals surface area contributed by atoms with Crippen molar-refractivity contribution in [2.75, 3.05) is 11.9 Å². The van der Waals surface area contributed by atoms with Gasteiger partial charge in [0.25, 0.3) is 5.69 Å². The average Bonchev–Trinajstić information content (AvgIpc) is 2.47. The largest absolute Gasteiger partial charge is 0.370 e. The van der Waals surface area contributed by atoms with Crippen molar-refractivity contribution in [1.82, 2.24) is 0 Å². The Hall–Kier alpha value is -2.58. The number of rotatable bonds is 4. The van der Waals surface area contributed by atoms with Gasteiger partial charge in [0, 0.05) is 30.4 Å². The first-order chi connectivity index (χ1) is 10.0. The predicted molar refractivity (Wildman–Crippen MR) is 81.4 cm³/mol. The highest BCUT2D eigenvalue weighted by molar-refractivity contribution is 6.30. The van der Waals surface area contributed by atoms with E-state index in [4.69, 9.17) is 16.9 Å². The maximum absolute atomic E-state index is 11.0. The SMILES string of the molecule is CN(Cc1cc(Cl)ccc1[N+](=O)[O-])c1ccc(C#N)cc1. The van der Waals surface area contributed by atoms with Crippen molar-refractivity contribution < 1.29 is 4.92 Å². The standard InChI is InChI=1S/C15H12ClN3O2/c1-18(14-5-2-11(9-17)3-6-14)10-12-8-13(16)4-7-15(12)19(20)21/h2-8H,10H2,1H3. The summed E-state index contributed by atoms with van der Waals surface area (Å²) in [5, 5.41) is 20.3. The second-order valence-electron chi connectivity index (χ2n) is 4.54. The summed E-state index contributed by atoms with van der Waals surface area (Å²) in [7, 11) is 1.83. The van der Waals surface area contributed by atoms with Crippen molar-refractivity contribution in [3.8, 4) is 6.07 Å². The zero-order valence-electron chi connectivity index (χ0n) is 11.3. The predicted octanol–water partition coefficient (Wildman–Crippen LogP) is 3.76. The Balaban J connectivity index is 2.26. The Morgan fingerprint density at radius 2 is 1.95 bits per heavy atom. The molecule has 0 aliphatic heterocycles. The Morgan fingerprint density at radius 1 is 1.29 bits per heavy atom. The number of nitro groups is 1. The summed E-state index contributed by atoms with van der Waals surface area (Å²) in [5.41, 5.74) is 2.02. The normalized spacial score (nSPS) is 9.95. The lowest BCUT2D eigenvalue weighted by atomic mass is 10.1. The summed E-state index contributed by atoms with van der Waals surface area (Å²) in [4.78, 5) is 12.5. The molecule has 0 bridgehead atoms. The fraction of sp³-hybridized carbons (Fsp3) is 0.133. The maximum atomic E-state index is 11.0. The van der Waals surface area contributed by atoms with E-state index in [0.29, 0.717) is 22.7 Å². The minimum Gasteiger partial charge on any atom is -0.370 e. The van der Waals surface area contributed by atoms with Gasteiger partial charge in [-0.2, -0.15) is 5.26 Å². The molecule has 21 heavy (non-hydrogen) atoms. The molecule has 0 fully saturated rings. The second-order valence-corrected chi connectivity index (χ2v) is 4.98. The number of anilines is 1. The lowest BCUT2D eigenvalue weighted by Crippen LogP contribution is -2.17. The quantitative estimate of drug-likeness (QED) is 0.637. The lowest BCUT2D eigenvalue weighted by Gasteiger charge is -2.19. The third kappa shape index (κ3) is 3.50. The molecule has 0 amide bonds. The number of hydrogen-bond acceptors (Lipinski definition) is 4. The van der Waals surface area contributed by atoms with Crippen LogP contribution in [0.4, 0.5) is 11.4 Å². The van der Waals surface area contributed by atoms with E-state index in [1.807, 2.05) is 18.0 Å². The van der Waals surface area contributed by atoms with Gasteiger partial charge in [-0.15, -0.1) is 0 Å². The summed E-state index contributed by atoms with van der Waals surface area (Å²) in [6, 6.07) is 13.6. The van der Waals surface area contributed by atoms with Crippen LogP contribution in [0, 0.1) is 21.4 Å². The van der Waals surface area contributed by atoms with Gasteiger partial charge in [-0.1, -0.05) is 11.6 Å². The second kappa shape index (κ2) is 6.25. The minimum atomic E-state index is -0.418. The van der Waals surface area contributed by atoms with Crippen molar-refractivity contribution in [3.05, 3.63) is 68.7 Å². The molecule has 0 N–H and O–H groups in total. The van der Waals surface area contributed by atoms with E-state index < -0.39 is 4.92 Å². The van der Waals surface area contributed by atoms with Crippen LogP contribution in [0.5, 0.6) is 0 Å². The zero-order chi connectivity index (χ0) is 15.4. The van der Waals surface area contributed by atoms with Crippen LogP contribution in [-0.2, 0) is 6.54 Å². The Bertz CT molecular complexity index is 708. The van der Waals surface area contributed by atoms with Gasteiger partial charge in [-0.05, 0) is 36.4 Å². The number of halogens is 1. The molecule has 5 nitrogen and oxygen atoms in total. The molecular weight excluding hydrogens is 290 g/mol. The van der Waals surface area contributed by atoms with Crippen LogP contribution in [0.2, 0.25) is 5.02 Å². The van der Waals surface area contributed by atoms with Gasteiger partial charge in [0.2, 0.25) is 0 Å². The van der Waals surface area contributed by atoms with Crippen LogP contribution in [-0.4, -0.2) is 12.0 Å². The van der Waals surface area contributed by atoms with Crippen molar-refractivity contribution in [2.24, 2.45) is 0 Å². The van der Waals surface area contributed by atoms with Gasteiger partial charge in [0.1, 0.15) is 0 Å². The van der Waals surface area contributed by atoms with E-state index in [2.05, 4.69) is 0 Å². The molecule has 106 valence electrons. The smallest absolute Gasteiger partial charge is 0.274 e. The highest BCUT2D eigenvalue weighted by Crippen LogP contribution is 2.25. The summed E-state index contributed by atoms with van der Waals surface area (Å²) >= 11 is 5.91. The Labute approximate surface area is 127 Å². The number of nitriles is 1. The van der Waals surface area contributed by atoms with Crippen LogP contribution in [0.25, 0.3) is 0 Å². The van der Waals surface area contributed by atoms with Gasteiger partial charge in [-0.3, -0.25) is 10.1 Å². The molecule has 0 spiro atoms. The minimum absolute atomic E-state index is 0.0416. The molecule has 0 aromatic heterocycles. The molecule has 0 heterocycles. The van der Waals surface area contributed by atoms with Crippen LogP contribution in [0.15, 0.2) is 42.5 Å². The average molecular weight is 302 g/mol. The van der Waals surface area contributed by atoms with Crippen molar-refractivity contribution >= 4 is 23.0 Å². The van der Waals surface area contributed by atoms with Crippen LogP contribution in [0.3, 0.4) is 0 Å². The number of benzene rings is 2. The van der Waals surface area contributed by atoms with Gasteiger partial charge in [-0.25, -0.2) is 0 Å². The van der Waals surface area contributed by atoms with Crippen molar-refractivity contribution in [2.45, 2.75) is 6.54 Å². The van der Waals surface area contributed by atoms with Crippen LogP contribution < -0.4 is 4.90 Å². The first kappa shape index (κ1) is 14.8.